The fourth-order valence-electron chi connectivity index (χ4n) is 1.83. The maximum atomic E-state index is 13.3. The highest BCUT2D eigenvalue weighted by Crippen LogP contribution is 2.23. The van der Waals surface area contributed by atoms with E-state index in [2.05, 4.69) is 35.1 Å². The maximum absolute atomic E-state index is 13.3. The van der Waals surface area contributed by atoms with Gasteiger partial charge in [-0.05, 0) is 65.8 Å². The van der Waals surface area contributed by atoms with E-state index >= 15 is 0 Å². The van der Waals surface area contributed by atoms with Crippen molar-refractivity contribution >= 4 is 15.9 Å². The van der Waals surface area contributed by atoms with Crippen molar-refractivity contribution in [1.82, 2.24) is 5.32 Å². The zero-order chi connectivity index (χ0) is 12.7. The van der Waals surface area contributed by atoms with Gasteiger partial charge in [-0.3, -0.25) is 0 Å². The normalized spacial score (nSPS) is 12.7. The SMILES string of the molecule is CCCNCCC(C)Cc1cccc(F)c1Br. The Morgan fingerprint density at radius 1 is 1.35 bits per heavy atom. The Morgan fingerprint density at radius 2 is 2.12 bits per heavy atom. The summed E-state index contributed by atoms with van der Waals surface area (Å²) >= 11 is 3.31. The summed E-state index contributed by atoms with van der Waals surface area (Å²) < 4.78 is 13.9. The fourth-order valence-corrected chi connectivity index (χ4v) is 2.26. The molecule has 0 radical (unpaired) electrons. The molecule has 0 aliphatic carbocycles. The molecule has 0 heterocycles. The summed E-state index contributed by atoms with van der Waals surface area (Å²) in [6.45, 7) is 6.50. The van der Waals surface area contributed by atoms with Crippen molar-refractivity contribution in [2.75, 3.05) is 13.1 Å². The van der Waals surface area contributed by atoms with E-state index in [4.69, 9.17) is 0 Å². The van der Waals surface area contributed by atoms with Crippen LogP contribution in [-0.4, -0.2) is 13.1 Å². The van der Waals surface area contributed by atoms with Crippen LogP contribution in [0.3, 0.4) is 0 Å². The van der Waals surface area contributed by atoms with Crippen LogP contribution in [0.25, 0.3) is 0 Å². The second-order valence-corrected chi connectivity index (χ2v) is 5.35. The van der Waals surface area contributed by atoms with Gasteiger partial charge in [-0.25, -0.2) is 4.39 Å². The molecule has 0 aliphatic rings. The van der Waals surface area contributed by atoms with Gasteiger partial charge in [0, 0.05) is 0 Å². The van der Waals surface area contributed by atoms with E-state index in [1.807, 2.05) is 6.07 Å². The van der Waals surface area contributed by atoms with E-state index in [9.17, 15) is 4.39 Å². The molecule has 1 rings (SSSR count). The lowest BCUT2D eigenvalue weighted by atomic mass is 9.98. The largest absolute Gasteiger partial charge is 0.317 e. The molecule has 0 aliphatic heterocycles. The van der Waals surface area contributed by atoms with Crippen LogP contribution in [-0.2, 0) is 6.42 Å². The standard InChI is InChI=1S/C14H21BrFN/c1-3-8-17-9-7-11(2)10-12-5-4-6-13(16)14(12)15/h4-6,11,17H,3,7-10H2,1-2H3. The summed E-state index contributed by atoms with van der Waals surface area (Å²) in [6.07, 6.45) is 3.22. The summed E-state index contributed by atoms with van der Waals surface area (Å²) in [5.41, 5.74) is 1.06. The summed E-state index contributed by atoms with van der Waals surface area (Å²) in [6, 6.07) is 5.25. The van der Waals surface area contributed by atoms with Crippen LogP contribution in [0, 0.1) is 11.7 Å². The number of hydrogen-bond acceptors (Lipinski definition) is 1. The van der Waals surface area contributed by atoms with E-state index in [0.29, 0.717) is 10.4 Å². The molecule has 1 aromatic carbocycles. The quantitative estimate of drug-likeness (QED) is 0.746. The van der Waals surface area contributed by atoms with Gasteiger partial charge in [0.2, 0.25) is 0 Å². The summed E-state index contributed by atoms with van der Waals surface area (Å²) in [7, 11) is 0. The van der Waals surface area contributed by atoms with Crippen LogP contribution in [0.1, 0.15) is 32.3 Å². The summed E-state index contributed by atoms with van der Waals surface area (Å²) in [5, 5.41) is 3.39. The molecular formula is C14H21BrFN. The molecule has 0 spiro atoms. The van der Waals surface area contributed by atoms with Gasteiger partial charge in [-0.1, -0.05) is 26.0 Å². The lowest BCUT2D eigenvalue weighted by Crippen LogP contribution is -2.18. The second-order valence-electron chi connectivity index (χ2n) is 4.56. The van der Waals surface area contributed by atoms with Crippen LogP contribution in [0.15, 0.2) is 22.7 Å². The minimum Gasteiger partial charge on any atom is -0.317 e. The van der Waals surface area contributed by atoms with Crippen molar-refractivity contribution in [2.45, 2.75) is 33.1 Å². The zero-order valence-electron chi connectivity index (χ0n) is 10.6. The highest BCUT2D eigenvalue weighted by atomic mass is 79.9. The average Bonchev–Trinajstić information content (AvgIpc) is 2.31. The molecule has 1 unspecified atom stereocenters. The number of halogens is 2. The summed E-state index contributed by atoms with van der Waals surface area (Å²) in [4.78, 5) is 0. The summed E-state index contributed by atoms with van der Waals surface area (Å²) in [5.74, 6) is 0.399. The predicted octanol–water partition coefficient (Wildman–Crippen LogP) is 4.16. The molecule has 0 saturated heterocycles. The lowest BCUT2D eigenvalue weighted by molar-refractivity contribution is 0.496. The van der Waals surface area contributed by atoms with Crippen molar-refractivity contribution in [3.63, 3.8) is 0 Å². The third kappa shape index (κ3) is 5.17. The molecule has 17 heavy (non-hydrogen) atoms. The van der Waals surface area contributed by atoms with Gasteiger partial charge < -0.3 is 5.32 Å². The molecule has 1 nitrogen and oxygen atoms in total. The molecule has 0 fully saturated rings. The molecule has 0 saturated carbocycles. The zero-order valence-corrected chi connectivity index (χ0v) is 12.2. The Bertz CT molecular complexity index is 341. The fraction of sp³-hybridized carbons (Fsp3) is 0.571. The molecular weight excluding hydrogens is 281 g/mol. The van der Waals surface area contributed by atoms with Crippen LogP contribution < -0.4 is 5.32 Å². The number of hydrogen-bond donors (Lipinski definition) is 1. The molecule has 0 amide bonds. The first-order chi connectivity index (χ1) is 8.15. The van der Waals surface area contributed by atoms with Crippen molar-refractivity contribution in [2.24, 2.45) is 5.92 Å². The Kier molecular flexibility index (Phi) is 6.75. The molecule has 1 atom stereocenters. The third-order valence-corrected chi connectivity index (χ3v) is 3.73. The van der Waals surface area contributed by atoms with Crippen molar-refractivity contribution in [3.8, 4) is 0 Å². The highest BCUT2D eigenvalue weighted by molar-refractivity contribution is 9.10. The molecule has 0 aromatic heterocycles. The minimum atomic E-state index is -0.168. The Balaban J connectivity index is 2.39. The van der Waals surface area contributed by atoms with Gasteiger partial charge in [-0.15, -0.1) is 0 Å². The first-order valence-electron chi connectivity index (χ1n) is 6.28. The number of nitrogens with one attached hydrogen (secondary N) is 1. The van der Waals surface area contributed by atoms with E-state index in [-0.39, 0.29) is 5.82 Å². The van der Waals surface area contributed by atoms with Gasteiger partial charge in [0.25, 0.3) is 0 Å². The van der Waals surface area contributed by atoms with E-state index in [1.54, 1.807) is 6.07 Å². The molecule has 1 N–H and O–H groups in total. The average molecular weight is 302 g/mol. The van der Waals surface area contributed by atoms with Crippen molar-refractivity contribution in [3.05, 3.63) is 34.1 Å². The molecule has 0 bridgehead atoms. The Hall–Kier alpha value is -0.410. The van der Waals surface area contributed by atoms with Crippen LogP contribution in [0.5, 0.6) is 0 Å². The lowest BCUT2D eigenvalue weighted by Gasteiger charge is -2.13. The van der Waals surface area contributed by atoms with Crippen LogP contribution in [0.2, 0.25) is 0 Å². The predicted molar refractivity (Wildman–Crippen MR) is 74.7 cm³/mol. The van der Waals surface area contributed by atoms with E-state index in [1.165, 1.54) is 12.5 Å². The maximum Gasteiger partial charge on any atom is 0.137 e. The van der Waals surface area contributed by atoms with E-state index < -0.39 is 0 Å². The smallest absolute Gasteiger partial charge is 0.137 e. The van der Waals surface area contributed by atoms with Gasteiger partial charge in [0.1, 0.15) is 5.82 Å². The molecule has 1 aromatic rings. The monoisotopic (exact) mass is 301 g/mol. The first kappa shape index (κ1) is 14.7. The Labute approximate surface area is 112 Å². The topological polar surface area (TPSA) is 12.0 Å². The van der Waals surface area contributed by atoms with Crippen LogP contribution in [0.4, 0.5) is 4.39 Å². The van der Waals surface area contributed by atoms with Gasteiger partial charge in [0.15, 0.2) is 0 Å². The van der Waals surface area contributed by atoms with Crippen molar-refractivity contribution in [1.29, 1.82) is 0 Å². The third-order valence-electron chi connectivity index (χ3n) is 2.84. The van der Waals surface area contributed by atoms with Crippen molar-refractivity contribution < 1.29 is 4.39 Å². The first-order valence-corrected chi connectivity index (χ1v) is 7.08. The van der Waals surface area contributed by atoms with Gasteiger partial charge >= 0.3 is 0 Å². The van der Waals surface area contributed by atoms with Gasteiger partial charge in [0.05, 0.1) is 4.47 Å². The Morgan fingerprint density at radius 3 is 2.82 bits per heavy atom. The molecule has 3 heteroatoms. The number of rotatable bonds is 7. The second kappa shape index (κ2) is 7.83. The molecule has 96 valence electrons. The minimum absolute atomic E-state index is 0.168. The van der Waals surface area contributed by atoms with Crippen LogP contribution >= 0.6 is 15.9 Å². The van der Waals surface area contributed by atoms with Gasteiger partial charge in [-0.2, -0.15) is 0 Å². The van der Waals surface area contributed by atoms with E-state index in [0.717, 1.165) is 31.5 Å². The highest BCUT2D eigenvalue weighted by Gasteiger charge is 2.09. The number of benzene rings is 1.